The van der Waals surface area contributed by atoms with Gasteiger partial charge in [-0.05, 0) is 18.1 Å². The van der Waals surface area contributed by atoms with Crippen molar-refractivity contribution in [2.75, 3.05) is 30.7 Å². The third-order valence-electron chi connectivity index (χ3n) is 4.55. The molecule has 1 aromatic rings. The van der Waals surface area contributed by atoms with Crippen molar-refractivity contribution in [2.24, 2.45) is 0 Å². The van der Waals surface area contributed by atoms with Crippen LogP contribution in [0.1, 0.15) is 38.2 Å². The number of hydrogen-bond donors (Lipinski definition) is 1. The number of fused-ring (bicyclic) bond motifs is 1. The minimum absolute atomic E-state index is 0.302. The van der Waals surface area contributed by atoms with Crippen LogP contribution in [0.4, 0.5) is 5.69 Å². The highest BCUT2D eigenvalue weighted by atomic mass is 32.2. The average molecular weight is 304 g/mol. The number of amides is 1. The van der Waals surface area contributed by atoms with E-state index in [0.29, 0.717) is 23.0 Å². The molecule has 21 heavy (non-hydrogen) atoms. The number of hydrogen-bond acceptors (Lipinski definition) is 3. The topological polar surface area (TPSA) is 32.3 Å². The van der Waals surface area contributed by atoms with Crippen LogP contribution in [-0.2, 0) is 4.79 Å². The summed E-state index contributed by atoms with van der Waals surface area (Å²) in [4.78, 5) is 14.7. The van der Waals surface area contributed by atoms with Crippen LogP contribution in [0.25, 0.3) is 0 Å². The maximum absolute atomic E-state index is 12.6. The monoisotopic (exact) mass is 304 g/mol. The number of anilines is 1. The van der Waals surface area contributed by atoms with Crippen LogP contribution in [0.5, 0.6) is 0 Å². The Morgan fingerprint density at radius 3 is 3.05 bits per heavy atom. The first kappa shape index (κ1) is 14.8. The number of nitrogens with one attached hydrogen (secondary N) is 1. The van der Waals surface area contributed by atoms with Crippen molar-refractivity contribution in [2.45, 2.75) is 37.4 Å². The van der Waals surface area contributed by atoms with E-state index in [1.165, 1.54) is 11.3 Å². The molecule has 2 heterocycles. The van der Waals surface area contributed by atoms with Crippen LogP contribution in [-0.4, -0.2) is 40.9 Å². The van der Waals surface area contributed by atoms with Crippen molar-refractivity contribution in [3.8, 4) is 0 Å². The zero-order valence-corrected chi connectivity index (χ0v) is 13.7. The first-order valence-corrected chi connectivity index (χ1v) is 8.78. The lowest BCUT2D eigenvalue weighted by molar-refractivity contribution is -0.131. The van der Waals surface area contributed by atoms with Crippen LogP contribution in [0.2, 0.25) is 0 Å². The van der Waals surface area contributed by atoms with Gasteiger partial charge in [0.2, 0.25) is 5.91 Å². The minimum Gasteiger partial charge on any atom is -0.384 e. The fraction of sp³-hybridized carbons (Fsp3) is 0.588. The second-order valence-electron chi connectivity index (χ2n) is 6.61. The van der Waals surface area contributed by atoms with E-state index in [-0.39, 0.29) is 0 Å². The number of carbonyl (C=O) groups is 1. The third kappa shape index (κ3) is 3.37. The van der Waals surface area contributed by atoms with Gasteiger partial charge in [0.05, 0.1) is 0 Å². The van der Waals surface area contributed by atoms with E-state index in [2.05, 4.69) is 42.3 Å². The van der Waals surface area contributed by atoms with Crippen molar-refractivity contribution in [1.82, 2.24) is 4.90 Å². The molecule has 2 aliphatic rings. The fourth-order valence-electron chi connectivity index (χ4n) is 3.15. The van der Waals surface area contributed by atoms with E-state index >= 15 is 0 Å². The summed E-state index contributed by atoms with van der Waals surface area (Å²) >= 11 is 1.99. The van der Waals surface area contributed by atoms with Gasteiger partial charge in [0.1, 0.15) is 0 Å². The van der Waals surface area contributed by atoms with E-state index in [0.717, 1.165) is 31.8 Å². The first-order chi connectivity index (χ1) is 10.1. The summed E-state index contributed by atoms with van der Waals surface area (Å²) in [6.07, 6.45) is 1.72. The van der Waals surface area contributed by atoms with Gasteiger partial charge in [-0.15, -0.1) is 0 Å². The molecule has 114 valence electrons. The Labute approximate surface area is 131 Å². The van der Waals surface area contributed by atoms with Crippen molar-refractivity contribution in [3.05, 3.63) is 29.8 Å². The zero-order valence-electron chi connectivity index (χ0n) is 12.9. The lowest BCUT2D eigenvalue weighted by atomic mass is 9.97. The lowest BCUT2D eigenvalue weighted by Crippen LogP contribution is -2.34. The number of para-hydroxylation sites is 1. The number of thioether (sulfide) groups is 1. The van der Waals surface area contributed by atoms with Crippen molar-refractivity contribution in [1.29, 1.82) is 0 Å². The second-order valence-corrected chi connectivity index (χ2v) is 8.41. The predicted octanol–water partition coefficient (Wildman–Crippen LogP) is 3.33. The number of rotatable bonds is 2. The molecule has 1 fully saturated rings. The minimum atomic E-state index is 0.302. The Balaban J connectivity index is 1.62. The molecule has 0 bridgehead atoms. The van der Waals surface area contributed by atoms with Crippen LogP contribution in [0.15, 0.2) is 24.3 Å². The number of nitrogens with zero attached hydrogens (tertiary/aromatic N) is 1. The van der Waals surface area contributed by atoms with Gasteiger partial charge in [0.25, 0.3) is 0 Å². The quantitative estimate of drug-likeness (QED) is 0.909. The van der Waals surface area contributed by atoms with Gasteiger partial charge in [-0.2, -0.15) is 11.8 Å². The SMILES string of the molecule is CC1(C)CCN(C(=O)CC2CNc3ccccc32)CCS1. The summed E-state index contributed by atoms with van der Waals surface area (Å²) in [7, 11) is 0. The highest BCUT2D eigenvalue weighted by molar-refractivity contribution is 8.00. The van der Waals surface area contributed by atoms with Crippen LogP contribution < -0.4 is 5.32 Å². The molecule has 0 aliphatic carbocycles. The molecule has 1 N–H and O–H groups in total. The maximum Gasteiger partial charge on any atom is 0.223 e. The summed E-state index contributed by atoms with van der Waals surface area (Å²) < 4.78 is 0.302. The molecule has 0 spiro atoms. The second kappa shape index (κ2) is 5.91. The van der Waals surface area contributed by atoms with Crippen molar-refractivity contribution < 1.29 is 4.79 Å². The van der Waals surface area contributed by atoms with Crippen LogP contribution in [0, 0.1) is 0 Å². The summed E-state index contributed by atoms with van der Waals surface area (Å²) in [6, 6.07) is 8.36. The summed E-state index contributed by atoms with van der Waals surface area (Å²) in [6.45, 7) is 7.25. The van der Waals surface area contributed by atoms with Crippen LogP contribution >= 0.6 is 11.8 Å². The largest absolute Gasteiger partial charge is 0.384 e. The molecule has 1 unspecified atom stereocenters. The van der Waals surface area contributed by atoms with Crippen molar-refractivity contribution >= 4 is 23.4 Å². The Kier molecular flexibility index (Phi) is 4.16. The van der Waals surface area contributed by atoms with Crippen molar-refractivity contribution in [3.63, 3.8) is 0 Å². The van der Waals surface area contributed by atoms with Gasteiger partial charge in [-0.25, -0.2) is 0 Å². The first-order valence-electron chi connectivity index (χ1n) is 7.80. The van der Waals surface area contributed by atoms with Gasteiger partial charge in [-0.1, -0.05) is 32.0 Å². The van der Waals surface area contributed by atoms with Gasteiger partial charge in [0.15, 0.2) is 0 Å². The molecule has 1 atom stereocenters. The Morgan fingerprint density at radius 2 is 2.19 bits per heavy atom. The molecular formula is C17H24N2OS. The smallest absolute Gasteiger partial charge is 0.223 e. The molecule has 3 nitrogen and oxygen atoms in total. The highest BCUT2D eigenvalue weighted by Gasteiger charge is 2.29. The van der Waals surface area contributed by atoms with E-state index in [4.69, 9.17) is 0 Å². The Hall–Kier alpha value is -1.16. The number of benzene rings is 1. The molecule has 0 saturated carbocycles. The van der Waals surface area contributed by atoms with E-state index < -0.39 is 0 Å². The highest BCUT2D eigenvalue weighted by Crippen LogP contribution is 2.35. The van der Waals surface area contributed by atoms with Crippen LogP contribution in [0.3, 0.4) is 0 Å². The normalized spacial score (nSPS) is 24.1. The maximum atomic E-state index is 12.6. The van der Waals surface area contributed by atoms with E-state index in [1.807, 2.05) is 17.8 Å². The summed E-state index contributed by atoms with van der Waals surface area (Å²) in [5, 5.41) is 3.41. The summed E-state index contributed by atoms with van der Waals surface area (Å²) in [5.74, 6) is 1.70. The molecule has 0 radical (unpaired) electrons. The number of carbonyl (C=O) groups excluding carboxylic acids is 1. The third-order valence-corrected chi connectivity index (χ3v) is 5.92. The van der Waals surface area contributed by atoms with Gasteiger partial charge in [-0.3, -0.25) is 4.79 Å². The molecule has 3 rings (SSSR count). The van der Waals surface area contributed by atoms with E-state index in [9.17, 15) is 4.79 Å². The lowest BCUT2D eigenvalue weighted by Gasteiger charge is -2.23. The molecular weight excluding hydrogens is 280 g/mol. The molecule has 0 aromatic heterocycles. The fourth-order valence-corrected chi connectivity index (χ4v) is 4.25. The summed E-state index contributed by atoms with van der Waals surface area (Å²) in [5.41, 5.74) is 2.50. The molecule has 2 aliphatic heterocycles. The van der Waals surface area contributed by atoms with Gasteiger partial charge < -0.3 is 10.2 Å². The zero-order chi connectivity index (χ0) is 14.9. The molecule has 1 amide bonds. The Bertz CT molecular complexity index is 529. The standard InChI is InChI=1S/C17H24N2OS/c1-17(2)7-8-19(9-10-21-17)16(20)11-13-12-18-15-6-4-3-5-14(13)15/h3-6,13,18H,7-12H2,1-2H3. The van der Waals surface area contributed by atoms with Gasteiger partial charge in [0, 0.05) is 48.2 Å². The van der Waals surface area contributed by atoms with E-state index in [1.54, 1.807) is 0 Å². The molecule has 4 heteroatoms. The predicted molar refractivity (Wildman–Crippen MR) is 90.0 cm³/mol. The molecule has 1 aromatic carbocycles. The average Bonchev–Trinajstić information content (AvgIpc) is 2.76. The molecule has 1 saturated heterocycles. The van der Waals surface area contributed by atoms with Gasteiger partial charge >= 0.3 is 0 Å². The Morgan fingerprint density at radius 1 is 1.38 bits per heavy atom.